The van der Waals surface area contributed by atoms with Gasteiger partial charge in [-0.1, -0.05) is 97.9 Å². The molecular weight excluding hydrogens is 515 g/mol. The molecule has 5 aromatic rings. The van der Waals surface area contributed by atoms with E-state index in [0.717, 1.165) is 16.7 Å². The predicted octanol–water partition coefficient (Wildman–Crippen LogP) is 6.84. The highest BCUT2D eigenvalue weighted by Crippen LogP contribution is 2.26. The average Bonchev–Trinajstić information content (AvgIpc) is 3.42. The van der Waals surface area contributed by atoms with E-state index in [0.29, 0.717) is 30.2 Å². The second kappa shape index (κ2) is 12.9. The van der Waals surface area contributed by atoms with E-state index >= 15 is 0 Å². The fourth-order valence-electron chi connectivity index (χ4n) is 4.83. The summed E-state index contributed by atoms with van der Waals surface area (Å²) < 4.78 is 15.2. The van der Waals surface area contributed by atoms with E-state index in [1.807, 2.05) is 97.9 Å². The molecule has 4 aromatic carbocycles. The summed E-state index contributed by atoms with van der Waals surface area (Å²) in [5.41, 5.74) is 3.96. The number of halogens is 1. The molecule has 0 aliphatic carbocycles. The fraction of sp³-hybridized carbons (Fsp3) is 0.147. The Kier molecular flexibility index (Phi) is 8.64. The molecule has 0 saturated heterocycles. The normalized spacial score (nSPS) is 11.6. The van der Waals surface area contributed by atoms with Crippen molar-refractivity contribution in [3.63, 3.8) is 0 Å². The lowest BCUT2D eigenvalue weighted by molar-refractivity contribution is -0.136. The van der Waals surface area contributed by atoms with Crippen LogP contribution < -0.4 is 5.32 Å². The van der Waals surface area contributed by atoms with Gasteiger partial charge in [0, 0.05) is 18.2 Å². The lowest BCUT2D eigenvalue weighted by Crippen LogP contribution is -2.40. The molecule has 0 aliphatic rings. The number of amides is 2. The minimum atomic E-state index is -0.373. The Morgan fingerprint density at radius 3 is 2.10 bits per heavy atom. The number of carbonyl (C=O) groups excluding carboxylic acids is 2. The van der Waals surface area contributed by atoms with Crippen LogP contribution in [0.4, 0.5) is 10.2 Å². The highest BCUT2D eigenvalue weighted by atomic mass is 19.1. The summed E-state index contributed by atoms with van der Waals surface area (Å²) in [5, 5.41) is 7.65. The van der Waals surface area contributed by atoms with Gasteiger partial charge >= 0.3 is 0 Å². The summed E-state index contributed by atoms with van der Waals surface area (Å²) in [6.07, 6.45) is 0.605. The lowest BCUT2D eigenvalue weighted by Gasteiger charge is -2.27. The standard InChI is InChI=1S/C34H31FN4O2/c1-2-30(26-14-8-4-9-15-26)34(41)38(23-25-12-6-3-7-13-25)24-33(40)36-32-22-31(27-16-10-5-11-17-27)37-39(32)29-20-18-28(35)19-21-29/h3-22,30H,2,23-24H2,1H3,(H,36,40)/t30-/m0/s1. The molecule has 2 amide bonds. The Morgan fingerprint density at radius 1 is 0.854 bits per heavy atom. The van der Waals surface area contributed by atoms with Gasteiger partial charge < -0.3 is 10.2 Å². The number of nitrogens with one attached hydrogen (secondary N) is 1. The molecule has 206 valence electrons. The van der Waals surface area contributed by atoms with Crippen molar-refractivity contribution in [3.05, 3.63) is 138 Å². The SMILES string of the molecule is CC[C@H](C(=O)N(CC(=O)Nc1cc(-c2ccccc2)nn1-c1ccc(F)cc1)Cc1ccccc1)c1ccccc1. The van der Waals surface area contributed by atoms with Crippen molar-refractivity contribution >= 4 is 17.6 Å². The van der Waals surface area contributed by atoms with E-state index < -0.39 is 0 Å². The van der Waals surface area contributed by atoms with Crippen LogP contribution in [0.1, 0.15) is 30.4 Å². The Bertz CT molecular complexity index is 1590. The number of anilines is 1. The van der Waals surface area contributed by atoms with Crippen LogP contribution in [-0.2, 0) is 16.1 Å². The Hall–Kier alpha value is -5.04. The Balaban J connectivity index is 1.43. The van der Waals surface area contributed by atoms with Gasteiger partial charge in [0.15, 0.2) is 0 Å². The van der Waals surface area contributed by atoms with E-state index in [2.05, 4.69) is 5.32 Å². The molecule has 7 heteroatoms. The smallest absolute Gasteiger partial charge is 0.245 e. The third-order valence-corrected chi connectivity index (χ3v) is 6.89. The highest BCUT2D eigenvalue weighted by molar-refractivity contribution is 5.95. The predicted molar refractivity (Wildman–Crippen MR) is 159 cm³/mol. The van der Waals surface area contributed by atoms with Crippen LogP contribution >= 0.6 is 0 Å². The number of nitrogens with zero attached hydrogens (tertiary/aromatic N) is 3. The number of carbonyl (C=O) groups is 2. The molecular formula is C34H31FN4O2. The highest BCUT2D eigenvalue weighted by Gasteiger charge is 2.27. The maximum absolute atomic E-state index is 13.9. The maximum atomic E-state index is 13.9. The first kappa shape index (κ1) is 27.5. The third-order valence-electron chi connectivity index (χ3n) is 6.89. The summed E-state index contributed by atoms with van der Waals surface area (Å²) in [6.45, 7) is 2.12. The van der Waals surface area contributed by atoms with Crippen LogP contribution in [0.3, 0.4) is 0 Å². The van der Waals surface area contributed by atoms with Gasteiger partial charge in [-0.15, -0.1) is 0 Å². The van der Waals surface area contributed by atoms with Crippen molar-refractivity contribution in [3.8, 4) is 16.9 Å². The van der Waals surface area contributed by atoms with Gasteiger partial charge in [0.2, 0.25) is 11.8 Å². The molecule has 5 rings (SSSR count). The number of hydrogen-bond acceptors (Lipinski definition) is 3. The molecule has 0 bridgehead atoms. The molecule has 0 spiro atoms. The van der Waals surface area contributed by atoms with Crippen molar-refractivity contribution in [2.24, 2.45) is 0 Å². The quantitative estimate of drug-likeness (QED) is 0.209. The zero-order chi connectivity index (χ0) is 28.6. The van der Waals surface area contributed by atoms with Gasteiger partial charge in [0.1, 0.15) is 18.2 Å². The molecule has 1 aromatic heterocycles. The molecule has 0 saturated carbocycles. The van der Waals surface area contributed by atoms with Crippen LogP contribution in [0.15, 0.2) is 121 Å². The number of hydrogen-bond donors (Lipinski definition) is 1. The summed E-state index contributed by atoms with van der Waals surface area (Å²) in [5.74, 6) is -0.798. The molecule has 1 atom stereocenters. The van der Waals surface area contributed by atoms with E-state index in [1.165, 1.54) is 12.1 Å². The molecule has 0 unspecified atom stereocenters. The minimum Gasteiger partial charge on any atom is -0.329 e. The third kappa shape index (κ3) is 6.76. The molecule has 41 heavy (non-hydrogen) atoms. The lowest BCUT2D eigenvalue weighted by atomic mass is 9.94. The van der Waals surface area contributed by atoms with Gasteiger partial charge in [-0.25, -0.2) is 9.07 Å². The second-order valence-corrected chi connectivity index (χ2v) is 9.77. The van der Waals surface area contributed by atoms with Crippen molar-refractivity contribution < 1.29 is 14.0 Å². The van der Waals surface area contributed by atoms with E-state index in [1.54, 1.807) is 27.8 Å². The first-order valence-electron chi connectivity index (χ1n) is 13.6. The van der Waals surface area contributed by atoms with Crippen LogP contribution in [0.25, 0.3) is 16.9 Å². The summed E-state index contributed by atoms with van der Waals surface area (Å²) in [4.78, 5) is 29.0. The van der Waals surface area contributed by atoms with Gasteiger partial charge in [-0.3, -0.25) is 9.59 Å². The van der Waals surface area contributed by atoms with Crippen molar-refractivity contribution in [1.29, 1.82) is 0 Å². The molecule has 6 nitrogen and oxygen atoms in total. The van der Waals surface area contributed by atoms with E-state index in [4.69, 9.17) is 5.10 Å². The zero-order valence-electron chi connectivity index (χ0n) is 22.8. The number of rotatable bonds is 10. The first-order chi connectivity index (χ1) is 20.0. The van der Waals surface area contributed by atoms with Crippen LogP contribution in [0.5, 0.6) is 0 Å². The Labute approximate surface area is 239 Å². The van der Waals surface area contributed by atoms with Crippen LogP contribution in [-0.4, -0.2) is 33.0 Å². The Morgan fingerprint density at radius 2 is 1.46 bits per heavy atom. The van der Waals surface area contributed by atoms with Gasteiger partial charge in [-0.05, 0) is 41.8 Å². The summed E-state index contributed by atoms with van der Waals surface area (Å²) in [7, 11) is 0. The van der Waals surface area contributed by atoms with Gasteiger partial charge in [-0.2, -0.15) is 5.10 Å². The second-order valence-electron chi connectivity index (χ2n) is 9.77. The molecule has 0 radical (unpaired) electrons. The molecule has 1 N–H and O–H groups in total. The molecule has 1 heterocycles. The van der Waals surface area contributed by atoms with Crippen molar-refractivity contribution in [2.75, 3.05) is 11.9 Å². The van der Waals surface area contributed by atoms with Crippen molar-refractivity contribution in [1.82, 2.24) is 14.7 Å². The van der Waals surface area contributed by atoms with Crippen molar-refractivity contribution in [2.45, 2.75) is 25.8 Å². The maximum Gasteiger partial charge on any atom is 0.245 e. The largest absolute Gasteiger partial charge is 0.329 e. The number of aromatic nitrogens is 2. The first-order valence-corrected chi connectivity index (χ1v) is 13.6. The minimum absolute atomic E-state index is 0.116. The average molecular weight is 547 g/mol. The zero-order valence-corrected chi connectivity index (χ0v) is 22.8. The van der Waals surface area contributed by atoms with E-state index in [9.17, 15) is 14.0 Å². The topological polar surface area (TPSA) is 67.2 Å². The monoisotopic (exact) mass is 546 g/mol. The summed E-state index contributed by atoms with van der Waals surface area (Å²) in [6, 6.07) is 36.5. The summed E-state index contributed by atoms with van der Waals surface area (Å²) >= 11 is 0. The number of benzene rings is 4. The fourth-order valence-corrected chi connectivity index (χ4v) is 4.83. The van der Waals surface area contributed by atoms with Crippen LogP contribution in [0.2, 0.25) is 0 Å². The van der Waals surface area contributed by atoms with E-state index in [-0.39, 0.29) is 30.1 Å². The van der Waals surface area contributed by atoms with Gasteiger partial charge in [0.05, 0.1) is 17.3 Å². The van der Waals surface area contributed by atoms with Gasteiger partial charge in [0.25, 0.3) is 0 Å². The van der Waals surface area contributed by atoms with Crippen LogP contribution in [0, 0.1) is 5.82 Å². The molecule has 0 aliphatic heterocycles. The molecule has 0 fully saturated rings.